The van der Waals surface area contributed by atoms with Gasteiger partial charge in [-0.25, -0.2) is 0 Å². The first kappa shape index (κ1) is 41.0. The van der Waals surface area contributed by atoms with Crippen LogP contribution in [0.1, 0.15) is 77.6 Å². The molecule has 0 heterocycles. The second kappa shape index (κ2) is 14.1. The lowest BCUT2D eigenvalue weighted by molar-refractivity contribution is 0.0977. The van der Waals surface area contributed by atoms with E-state index in [-0.39, 0.29) is 21.7 Å². The molecule has 0 heteroatoms. The fourth-order valence-corrected chi connectivity index (χ4v) is 14.2. The molecule has 11 aromatic rings. The van der Waals surface area contributed by atoms with E-state index in [1.807, 2.05) is 0 Å². The summed E-state index contributed by atoms with van der Waals surface area (Å²) in [5.74, 6) is 0. The van der Waals surface area contributed by atoms with Gasteiger partial charge in [-0.15, -0.1) is 0 Å². The molecule has 0 unspecified atom stereocenters. The Kier molecular flexibility index (Phi) is 8.51. The summed E-state index contributed by atoms with van der Waals surface area (Å²) >= 11 is 0. The molecule has 0 aromatic heterocycles. The molecule has 0 fully saturated rings. The van der Waals surface area contributed by atoms with E-state index in [1.54, 1.807) is 0 Å². The van der Waals surface area contributed by atoms with Crippen molar-refractivity contribution < 1.29 is 0 Å². The monoisotopic (exact) mass is 872 g/mol. The molecule has 0 amide bonds. The predicted molar refractivity (Wildman–Crippen MR) is 293 cm³/mol. The molecular weight excluding hydrogens is 817 g/mol. The van der Waals surface area contributed by atoms with Gasteiger partial charge in [0.1, 0.15) is 0 Å². The van der Waals surface area contributed by atoms with Crippen LogP contribution in [0.2, 0.25) is 0 Å². The minimum Gasteiger partial charge on any atom is -0.0619 e. The van der Waals surface area contributed by atoms with Crippen LogP contribution in [0.15, 0.2) is 194 Å². The fraction of sp³-hybridized carbons (Fsp3) is 0.176. The largest absolute Gasteiger partial charge is 0.0619 e. The van der Waals surface area contributed by atoms with E-state index in [9.17, 15) is 0 Å². The van der Waals surface area contributed by atoms with Gasteiger partial charge in [0.25, 0.3) is 0 Å². The van der Waals surface area contributed by atoms with Crippen molar-refractivity contribution >= 4 is 53.9 Å². The summed E-state index contributed by atoms with van der Waals surface area (Å²) in [7, 11) is 0. The molecule has 0 aliphatic heterocycles. The summed E-state index contributed by atoms with van der Waals surface area (Å²) < 4.78 is 0. The highest BCUT2D eigenvalue weighted by molar-refractivity contribution is 6.23. The minimum atomic E-state index is -0.313. The van der Waals surface area contributed by atoms with Gasteiger partial charge in [-0.3, -0.25) is 0 Å². The number of fused-ring (bicyclic) bond motifs is 15. The quantitative estimate of drug-likeness (QED) is 0.123. The molecule has 0 spiro atoms. The summed E-state index contributed by atoms with van der Waals surface area (Å²) in [6.07, 6.45) is 0. The maximum absolute atomic E-state index is 2.59. The Morgan fingerprint density at radius 3 is 1.28 bits per heavy atom. The van der Waals surface area contributed by atoms with Crippen LogP contribution in [0.4, 0.5) is 0 Å². The Morgan fingerprint density at radius 1 is 0.279 bits per heavy atom. The topological polar surface area (TPSA) is 0 Å². The van der Waals surface area contributed by atoms with Gasteiger partial charge in [0.05, 0.1) is 0 Å². The van der Waals surface area contributed by atoms with Crippen LogP contribution in [0.3, 0.4) is 0 Å². The van der Waals surface area contributed by atoms with E-state index in [1.165, 1.54) is 132 Å². The van der Waals surface area contributed by atoms with Crippen molar-refractivity contribution in [3.05, 3.63) is 216 Å². The van der Waals surface area contributed by atoms with Crippen LogP contribution in [0, 0.1) is 10.8 Å². The molecule has 2 aliphatic carbocycles. The van der Waals surface area contributed by atoms with Crippen molar-refractivity contribution in [1.29, 1.82) is 0 Å². The highest BCUT2D eigenvalue weighted by Crippen LogP contribution is 2.69. The number of hydrogen-bond acceptors (Lipinski definition) is 0. The Labute approximate surface area is 400 Å². The van der Waals surface area contributed by atoms with Crippen molar-refractivity contribution in [2.45, 2.75) is 66.2 Å². The van der Waals surface area contributed by atoms with E-state index in [2.05, 4.69) is 250 Å². The molecule has 0 saturated carbocycles. The van der Waals surface area contributed by atoms with Crippen LogP contribution < -0.4 is 0 Å². The molecule has 68 heavy (non-hydrogen) atoms. The van der Waals surface area contributed by atoms with Crippen LogP contribution >= 0.6 is 0 Å². The Hall–Kier alpha value is -7.28. The summed E-state index contributed by atoms with van der Waals surface area (Å²) in [4.78, 5) is 0. The summed E-state index contributed by atoms with van der Waals surface area (Å²) in [6, 6.07) is 74.1. The zero-order chi connectivity index (χ0) is 46.5. The molecular formula is C68H56. The zero-order valence-electron chi connectivity index (χ0n) is 40.5. The van der Waals surface area contributed by atoms with E-state index in [0.717, 1.165) is 0 Å². The van der Waals surface area contributed by atoms with Crippen molar-refractivity contribution in [1.82, 2.24) is 0 Å². The highest BCUT2D eigenvalue weighted by atomic mass is 14.6. The standard InChI is InChI=1S/C68H56/c1-65(2,3)68(66(4,5)6)63-54-33-17-11-26-46(54)56(40-57(63)62-49-28-12-9-24-44(49)45-25-10-18-34-55(45)64(62)68)41-22-21-23-42(38-41)60-50-29-13-15-31-52(50)61(53-32-16-14-30-51(53)60)43-36-37-48-47-27-19-20-35-58(47)67(7,8)59(48)39-43/h9-40H,1-8H3. The van der Waals surface area contributed by atoms with Gasteiger partial charge in [0.2, 0.25) is 0 Å². The molecule has 0 atom stereocenters. The average Bonchev–Trinajstić information content (AvgIpc) is 3.80. The Balaban J connectivity index is 1.07. The normalized spacial score (nSPS) is 14.7. The number of hydrogen-bond donors (Lipinski definition) is 0. The van der Waals surface area contributed by atoms with Gasteiger partial charge >= 0.3 is 0 Å². The third-order valence-corrected chi connectivity index (χ3v) is 16.5. The molecule has 2 aliphatic rings. The number of benzene rings is 11. The summed E-state index contributed by atoms with van der Waals surface area (Å²) in [5, 5.41) is 13.1. The smallest absolute Gasteiger partial charge is 0.0324 e. The van der Waals surface area contributed by atoms with Crippen LogP contribution in [0.25, 0.3) is 109 Å². The second-order valence-corrected chi connectivity index (χ2v) is 22.3. The fourth-order valence-electron chi connectivity index (χ4n) is 14.2. The molecule has 0 bridgehead atoms. The first-order valence-corrected chi connectivity index (χ1v) is 24.6. The first-order valence-electron chi connectivity index (χ1n) is 24.6. The summed E-state index contributed by atoms with van der Waals surface area (Å²) in [5.41, 5.74) is 18.1. The van der Waals surface area contributed by atoms with Crippen molar-refractivity contribution in [3.63, 3.8) is 0 Å². The minimum absolute atomic E-state index is 0.0837. The van der Waals surface area contributed by atoms with Crippen molar-refractivity contribution in [2.24, 2.45) is 10.8 Å². The zero-order valence-corrected chi connectivity index (χ0v) is 40.5. The van der Waals surface area contributed by atoms with E-state index < -0.39 is 0 Å². The van der Waals surface area contributed by atoms with Gasteiger partial charge in [-0.1, -0.05) is 231 Å². The van der Waals surface area contributed by atoms with Crippen LogP contribution in [-0.4, -0.2) is 0 Å². The molecule has 328 valence electrons. The van der Waals surface area contributed by atoms with Gasteiger partial charge in [-0.2, -0.15) is 0 Å². The van der Waals surface area contributed by atoms with E-state index in [4.69, 9.17) is 0 Å². The first-order chi connectivity index (χ1) is 32.8. The van der Waals surface area contributed by atoms with Crippen molar-refractivity contribution in [3.8, 4) is 55.6 Å². The molecule has 0 radical (unpaired) electrons. The van der Waals surface area contributed by atoms with Gasteiger partial charge < -0.3 is 0 Å². The van der Waals surface area contributed by atoms with Crippen LogP contribution in [-0.2, 0) is 10.8 Å². The maximum Gasteiger partial charge on any atom is 0.0324 e. The lowest BCUT2D eigenvalue weighted by Gasteiger charge is -2.54. The summed E-state index contributed by atoms with van der Waals surface area (Å²) in [6.45, 7) is 19.7. The highest BCUT2D eigenvalue weighted by Gasteiger charge is 2.59. The SMILES string of the molecule is CC1(C)c2ccccc2-c2ccc(-c3c4ccccc4c(-c4cccc(-c5cc6c(c7ccccc57)C(C(C)(C)C)(C(C)(C)C)c5c-6c6ccccc6c6ccccc56)c4)c4ccccc34)cc21. The molecule has 11 aromatic carbocycles. The predicted octanol–water partition coefficient (Wildman–Crippen LogP) is 19.1. The Bertz CT molecular complexity index is 3880. The van der Waals surface area contributed by atoms with Crippen molar-refractivity contribution in [2.75, 3.05) is 0 Å². The van der Waals surface area contributed by atoms with Gasteiger partial charge in [-0.05, 0) is 161 Å². The molecule has 13 rings (SSSR count). The molecule has 0 nitrogen and oxygen atoms in total. The lowest BCUT2D eigenvalue weighted by Crippen LogP contribution is -2.50. The molecule has 0 N–H and O–H groups in total. The second-order valence-electron chi connectivity index (χ2n) is 22.3. The lowest BCUT2D eigenvalue weighted by atomic mass is 9.49. The molecule has 0 saturated heterocycles. The average molecular weight is 873 g/mol. The third-order valence-electron chi connectivity index (χ3n) is 16.5. The van der Waals surface area contributed by atoms with E-state index >= 15 is 0 Å². The van der Waals surface area contributed by atoms with Crippen LogP contribution in [0.5, 0.6) is 0 Å². The van der Waals surface area contributed by atoms with Gasteiger partial charge in [0.15, 0.2) is 0 Å². The third kappa shape index (κ3) is 5.32. The number of rotatable bonds is 3. The van der Waals surface area contributed by atoms with E-state index in [0.29, 0.717) is 0 Å². The maximum atomic E-state index is 2.59. The Morgan fingerprint density at radius 2 is 0.706 bits per heavy atom. The van der Waals surface area contributed by atoms with Gasteiger partial charge in [0, 0.05) is 10.8 Å².